The number of fused-ring (bicyclic) bond motifs is 3. The highest BCUT2D eigenvalue weighted by molar-refractivity contribution is 6.05. The molecular formula is C79H118N12O27. The van der Waals surface area contributed by atoms with Crippen molar-refractivity contribution in [2.24, 2.45) is 52.2 Å². The third-order valence-electron chi connectivity index (χ3n) is 21.1. The smallest absolute Gasteiger partial charge is 0.408 e. The number of nitrogens with one attached hydrogen (secondary N) is 9. The first kappa shape index (κ1) is 96.1. The minimum atomic E-state index is -0.962. The molecule has 0 heterocycles. The Balaban J connectivity index is 1.01. The van der Waals surface area contributed by atoms with Gasteiger partial charge in [-0.15, -0.1) is 0 Å². The average Bonchev–Trinajstić information content (AvgIpc) is 1.54. The highest BCUT2D eigenvalue weighted by Gasteiger charge is 2.61. The van der Waals surface area contributed by atoms with Gasteiger partial charge in [-0.1, -0.05) is 52.9 Å². The van der Waals surface area contributed by atoms with Crippen molar-refractivity contribution in [2.45, 2.75) is 142 Å². The number of carbonyl (C=O) groups is 12. The molecule has 0 aromatic heterocycles. The fourth-order valence-corrected chi connectivity index (χ4v) is 15.6. The fraction of sp³-hybridized carbons (Fsp3) is 0.620. The molecule has 0 bridgehead atoms. The molecule has 0 aliphatic heterocycles. The van der Waals surface area contributed by atoms with Crippen LogP contribution in [0.3, 0.4) is 0 Å². The average molecular weight is 1670 g/mol. The number of phenols is 3. The van der Waals surface area contributed by atoms with Gasteiger partial charge in [0.15, 0.2) is 17.2 Å². The monoisotopic (exact) mass is 1670 g/mol. The summed E-state index contributed by atoms with van der Waals surface area (Å²) in [5.41, 5.74) is 13.7. The first-order chi connectivity index (χ1) is 56.5. The number of carbonyl (C=O) groups excluding carboxylic acids is 12. The van der Waals surface area contributed by atoms with Gasteiger partial charge in [0.05, 0.1) is 117 Å². The second-order valence-corrected chi connectivity index (χ2v) is 29.3. The maximum absolute atomic E-state index is 14.0. The van der Waals surface area contributed by atoms with Crippen molar-refractivity contribution in [2.75, 3.05) is 156 Å². The van der Waals surface area contributed by atoms with E-state index in [9.17, 15) is 72.9 Å². The van der Waals surface area contributed by atoms with Gasteiger partial charge in [0.2, 0.25) is 35.4 Å². The topological polar surface area (TPSA) is 563 Å². The normalized spacial score (nSPS) is 18.5. The number of amides is 12. The summed E-state index contributed by atoms with van der Waals surface area (Å²) in [5.74, 6) is -8.05. The third-order valence-corrected chi connectivity index (χ3v) is 21.1. The number of anilines is 3. The van der Waals surface area contributed by atoms with E-state index in [1.165, 1.54) is 57.7 Å². The summed E-state index contributed by atoms with van der Waals surface area (Å²) < 4.78 is 66.8. The minimum Gasteiger partial charge on any atom is -0.505 e. The third kappa shape index (κ3) is 30.0. The number of rotatable bonds is 53. The summed E-state index contributed by atoms with van der Waals surface area (Å²) in [6, 6.07) is 8.10. The molecule has 0 spiro atoms. The molecule has 39 heteroatoms. The summed E-state index contributed by atoms with van der Waals surface area (Å²) in [6.07, 6.45) is 6.86. The molecule has 3 aliphatic carbocycles. The fourth-order valence-electron chi connectivity index (χ4n) is 15.6. The predicted octanol–water partition coefficient (Wildman–Crippen LogP) is 4.48. The van der Waals surface area contributed by atoms with Gasteiger partial charge in [-0.25, -0.2) is 14.4 Å². The summed E-state index contributed by atoms with van der Waals surface area (Å²) in [5, 5.41) is 54.6. The number of methoxy groups -OCH3 is 3. The van der Waals surface area contributed by atoms with Crippen LogP contribution in [-0.2, 0) is 71.4 Å². The summed E-state index contributed by atoms with van der Waals surface area (Å²) >= 11 is 0. The van der Waals surface area contributed by atoms with Gasteiger partial charge in [-0.05, 0) is 137 Å². The van der Waals surface area contributed by atoms with Crippen molar-refractivity contribution in [3.8, 4) is 34.5 Å². The van der Waals surface area contributed by atoms with Crippen molar-refractivity contribution < 1.29 is 130 Å². The lowest BCUT2D eigenvalue weighted by Crippen LogP contribution is -2.54. The molecule has 656 valence electrons. The van der Waals surface area contributed by atoms with Gasteiger partial charge in [-0.3, -0.25) is 43.2 Å². The van der Waals surface area contributed by atoms with Crippen LogP contribution in [0.5, 0.6) is 34.5 Å². The Morgan fingerprint density at radius 3 is 1.32 bits per heavy atom. The van der Waals surface area contributed by atoms with Gasteiger partial charge in [0.25, 0.3) is 17.7 Å². The van der Waals surface area contributed by atoms with Crippen LogP contribution in [0.1, 0.15) is 155 Å². The van der Waals surface area contributed by atoms with E-state index in [2.05, 4.69) is 61.7 Å². The zero-order valence-corrected chi connectivity index (χ0v) is 68.2. The molecular weight excluding hydrogens is 1550 g/mol. The SMILES string of the molecule is CCCCCC[C@](C)(OC(=O)NCC(=O)NCCOCCOCC(=O)Nc1ccc(OC)c(C(N)=O)c1O)[C@H]1CC[C@H]2[C@@H]3C[C@H](OC(=O)NCC(=O)NCCOCCOCC(=O)Nc4ccc(OC)c(C(N)=O)c4O)[C@@H](C[C@H](CCCC)OC(=O)NCC(=O)NCCOCCOCC(=O)Nc4ccc(OC)c(C(N)=O)c4O)C[C@H]3CC[C@@]21C. The van der Waals surface area contributed by atoms with E-state index in [4.69, 9.17) is 74.0 Å². The van der Waals surface area contributed by atoms with E-state index in [-0.39, 0.29) is 172 Å². The molecule has 18 N–H and O–H groups in total. The molecule has 0 radical (unpaired) electrons. The van der Waals surface area contributed by atoms with E-state index >= 15 is 0 Å². The van der Waals surface area contributed by atoms with E-state index in [0.717, 1.165) is 57.8 Å². The summed E-state index contributed by atoms with van der Waals surface area (Å²) in [6.45, 7) is 6.40. The Hall–Kier alpha value is -10.7. The Morgan fingerprint density at radius 2 is 0.907 bits per heavy atom. The maximum atomic E-state index is 14.0. The standard InChI is InChI=1S/C79H118N12O27/c1-8-10-12-13-24-79(4,118-77(106)88-43-62(94)85-28-31-112-34-37-115-46-65(97)91-54-18-21-57(109-7)68(71(54)100)74(82)103)59-22-15-51-50-40-58(117-76(105)87-42-61(93)84-27-30-111-33-36-114-45-64(96)90-53-17-20-56(108-6)67(70(53)99)73(81)102)48(38-47(50)23-25-78(51,59)3)39-49(14-11-9-2)116-75(104)86-41-60(92)83-26-29-110-32-35-113-44-63(95)89-52-16-19-55(107-5)66(69(52)98)72(80)101/h16-21,47-51,58-59,98-100H,8-15,22-46H2,1-7H3,(H2,80,101)(H2,81,102)(H2,82,103)(H,83,92)(H,84,93)(H,85,94)(H,86,104)(H,87,105)(H,88,106)(H,89,95)(H,90,96)(H,91,97)/t47-,48-,49+,50-,51+,58+,59+,78+,79+/m1/s1. The van der Waals surface area contributed by atoms with Gasteiger partial charge >= 0.3 is 18.3 Å². The van der Waals surface area contributed by atoms with Crippen molar-refractivity contribution in [3.63, 3.8) is 0 Å². The van der Waals surface area contributed by atoms with Crippen molar-refractivity contribution in [3.05, 3.63) is 53.1 Å². The molecule has 39 nitrogen and oxygen atoms in total. The molecule has 0 unspecified atom stereocenters. The van der Waals surface area contributed by atoms with Gasteiger partial charge in [0, 0.05) is 25.6 Å². The van der Waals surface area contributed by atoms with Crippen LogP contribution >= 0.6 is 0 Å². The number of aromatic hydroxyl groups is 3. The highest BCUT2D eigenvalue weighted by Crippen LogP contribution is 2.65. The van der Waals surface area contributed by atoms with Crippen LogP contribution in [0.15, 0.2) is 36.4 Å². The zero-order valence-electron chi connectivity index (χ0n) is 68.2. The number of primary amides is 3. The molecule has 0 saturated heterocycles. The Labute approximate surface area is 684 Å². The molecule has 3 aliphatic rings. The number of nitrogens with two attached hydrogens (primary N) is 3. The quantitative estimate of drug-likeness (QED) is 0.0210. The molecule has 118 heavy (non-hydrogen) atoms. The van der Waals surface area contributed by atoms with Crippen LogP contribution < -0.4 is 79.3 Å². The largest absolute Gasteiger partial charge is 0.505 e. The molecule has 3 aromatic rings. The Morgan fingerprint density at radius 1 is 0.492 bits per heavy atom. The Kier molecular flexibility index (Phi) is 40.3. The molecule has 3 aromatic carbocycles. The zero-order chi connectivity index (χ0) is 86.3. The lowest BCUT2D eigenvalue weighted by Gasteiger charge is -2.55. The van der Waals surface area contributed by atoms with Crippen LogP contribution in [0.4, 0.5) is 31.4 Å². The van der Waals surface area contributed by atoms with Crippen LogP contribution in [0, 0.1) is 35.0 Å². The van der Waals surface area contributed by atoms with Crippen LogP contribution in [-0.4, -0.2) is 244 Å². The van der Waals surface area contributed by atoms with Gasteiger partial charge in [0.1, 0.15) is 71.6 Å². The number of unbranched alkanes of at least 4 members (excludes halogenated alkanes) is 4. The van der Waals surface area contributed by atoms with E-state index < -0.39 is 139 Å². The van der Waals surface area contributed by atoms with Crippen LogP contribution in [0.2, 0.25) is 0 Å². The molecule has 3 saturated carbocycles. The highest BCUT2D eigenvalue weighted by atomic mass is 16.6. The first-order valence-corrected chi connectivity index (χ1v) is 39.6. The van der Waals surface area contributed by atoms with E-state index in [0.29, 0.717) is 38.5 Å². The minimum absolute atomic E-state index is 0.00674. The first-order valence-electron chi connectivity index (χ1n) is 39.6. The van der Waals surface area contributed by atoms with Gasteiger partial charge in [-0.2, -0.15) is 0 Å². The second-order valence-electron chi connectivity index (χ2n) is 29.3. The molecule has 6 rings (SSSR count). The number of benzene rings is 3. The number of alkyl carbamates (subject to hydrolysis) is 3. The number of hydrogen-bond acceptors (Lipinski definition) is 27. The summed E-state index contributed by atoms with van der Waals surface area (Å²) in [7, 11) is 3.88. The Bertz CT molecular complexity index is 3870. The predicted molar refractivity (Wildman–Crippen MR) is 425 cm³/mol. The van der Waals surface area contributed by atoms with E-state index in [1.54, 1.807) is 0 Å². The van der Waals surface area contributed by atoms with E-state index in [1.807, 2.05) is 13.8 Å². The molecule has 12 amide bonds. The number of hydrogen-bond donors (Lipinski definition) is 15. The molecule has 3 fully saturated rings. The van der Waals surface area contributed by atoms with Crippen molar-refractivity contribution >= 4 is 88.5 Å². The van der Waals surface area contributed by atoms with Gasteiger partial charge < -0.3 is 137 Å². The lowest BCUT2D eigenvalue weighted by molar-refractivity contribution is -0.123. The number of ether oxygens (including phenoxy) is 12. The van der Waals surface area contributed by atoms with Crippen LogP contribution in [0.25, 0.3) is 0 Å². The molecule has 9 atom stereocenters. The van der Waals surface area contributed by atoms with Crippen molar-refractivity contribution in [1.82, 2.24) is 31.9 Å². The summed E-state index contributed by atoms with van der Waals surface area (Å²) in [4.78, 5) is 154. The van der Waals surface area contributed by atoms with Crippen molar-refractivity contribution in [1.29, 1.82) is 0 Å². The lowest BCUT2D eigenvalue weighted by atomic mass is 9.51. The maximum Gasteiger partial charge on any atom is 0.408 e. The second kappa shape index (κ2) is 49.5.